The number of hydrogen-bond acceptors (Lipinski definition) is 6. The molecule has 17 heavy (non-hydrogen) atoms. The number of thiazole rings is 1. The highest BCUT2D eigenvalue weighted by molar-refractivity contribution is 8.02. The summed E-state index contributed by atoms with van der Waals surface area (Å²) in [7, 11) is 0. The van der Waals surface area contributed by atoms with Crippen LogP contribution in [0.2, 0.25) is 0 Å². The molecule has 0 amide bonds. The molecule has 0 N–H and O–H groups in total. The van der Waals surface area contributed by atoms with Gasteiger partial charge in [0.15, 0.2) is 8.68 Å². The normalized spacial score (nSPS) is 10.6. The van der Waals surface area contributed by atoms with Crippen molar-refractivity contribution in [1.82, 2.24) is 15.2 Å². The van der Waals surface area contributed by atoms with Gasteiger partial charge in [-0.3, -0.25) is 0 Å². The quantitative estimate of drug-likeness (QED) is 0.729. The fraction of sp³-hybridized carbons (Fsp3) is 0. The molecule has 0 radical (unpaired) electrons. The van der Waals surface area contributed by atoms with Crippen molar-refractivity contribution in [1.29, 1.82) is 0 Å². The topological polar surface area (TPSA) is 38.7 Å². The Labute approximate surface area is 111 Å². The zero-order valence-electron chi connectivity index (χ0n) is 8.61. The Balaban J connectivity index is 1.84. The van der Waals surface area contributed by atoms with E-state index in [1.165, 1.54) is 0 Å². The van der Waals surface area contributed by atoms with Crippen LogP contribution in [0.5, 0.6) is 0 Å². The van der Waals surface area contributed by atoms with Gasteiger partial charge in [-0.1, -0.05) is 41.7 Å². The molecule has 0 aliphatic rings. The van der Waals surface area contributed by atoms with Crippen LogP contribution in [-0.4, -0.2) is 15.2 Å². The fourth-order valence-electron chi connectivity index (χ4n) is 1.28. The van der Waals surface area contributed by atoms with Gasteiger partial charge in [0.25, 0.3) is 0 Å². The first-order valence-corrected chi connectivity index (χ1v) is 7.39. The zero-order valence-corrected chi connectivity index (χ0v) is 11.1. The Morgan fingerprint density at radius 2 is 1.88 bits per heavy atom. The van der Waals surface area contributed by atoms with E-state index in [0.29, 0.717) is 0 Å². The van der Waals surface area contributed by atoms with Crippen molar-refractivity contribution in [3.05, 3.63) is 41.9 Å². The molecule has 0 saturated carbocycles. The second kappa shape index (κ2) is 4.95. The van der Waals surface area contributed by atoms with Gasteiger partial charge in [-0.15, -0.1) is 21.5 Å². The van der Waals surface area contributed by atoms with Gasteiger partial charge in [0.05, 0.1) is 0 Å². The summed E-state index contributed by atoms with van der Waals surface area (Å²) >= 11 is 4.77. The Kier molecular flexibility index (Phi) is 3.17. The molecule has 0 unspecified atom stereocenters. The molecule has 2 heterocycles. The van der Waals surface area contributed by atoms with Crippen molar-refractivity contribution in [3.63, 3.8) is 0 Å². The maximum Gasteiger partial charge on any atom is 0.181 e. The van der Waals surface area contributed by atoms with E-state index in [0.717, 1.165) is 19.3 Å². The molecule has 0 saturated heterocycles. The highest BCUT2D eigenvalue weighted by Crippen LogP contribution is 2.34. The summed E-state index contributed by atoms with van der Waals surface area (Å²) in [4.78, 5) is 4.21. The lowest BCUT2D eigenvalue weighted by Crippen LogP contribution is -1.74. The van der Waals surface area contributed by atoms with Crippen molar-refractivity contribution < 1.29 is 0 Å². The third-order valence-electron chi connectivity index (χ3n) is 2.01. The van der Waals surface area contributed by atoms with Gasteiger partial charge < -0.3 is 0 Å². The van der Waals surface area contributed by atoms with Crippen molar-refractivity contribution >= 4 is 34.4 Å². The molecular formula is C11H7N3S3. The fourth-order valence-corrected chi connectivity index (χ4v) is 3.97. The molecule has 0 fully saturated rings. The van der Waals surface area contributed by atoms with E-state index in [9.17, 15) is 0 Å². The lowest BCUT2D eigenvalue weighted by molar-refractivity contribution is 1.01. The SMILES string of the molecule is c1ccc(-c2nnc(Sc3nccs3)s2)cc1. The molecule has 3 nitrogen and oxygen atoms in total. The molecule has 0 spiro atoms. The van der Waals surface area contributed by atoms with E-state index in [1.807, 2.05) is 35.7 Å². The van der Waals surface area contributed by atoms with Gasteiger partial charge in [-0.05, 0) is 11.8 Å². The molecule has 0 aliphatic carbocycles. The Morgan fingerprint density at radius 1 is 1.00 bits per heavy atom. The monoisotopic (exact) mass is 277 g/mol. The molecule has 0 atom stereocenters. The highest BCUT2D eigenvalue weighted by Gasteiger charge is 2.08. The predicted molar refractivity (Wildman–Crippen MR) is 71.6 cm³/mol. The maximum absolute atomic E-state index is 4.21. The maximum atomic E-state index is 4.21. The third-order valence-corrected chi connectivity index (χ3v) is 4.92. The van der Waals surface area contributed by atoms with Crippen LogP contribution >= 0.6 is 34.4 Å². The molecule has 3 aromatic rings. The van der Waals surface area contributed by atoms with Gasteiger partial charge in [0, 0.05) is 17.1 Å². The summed E-state index contributed by atoms with van der Waals surface area (Å²) in [5.41, 5.74) is 1.11. The first kappa shape index (κ1) is 10.9. The van der Waals surface area contributed by atoms with E-state index in [2.05, 4.69) is 15.2 Å². The van der Waals surface area contributed by atoms with Crippen LogP contribution < -0.4 is 0 Å². The van der Waals surface area contributed by atoms with Crippen LogP contribution in [-0.2, 0) is 0 Å². The molecule has 84 valence electrons. The van der Waals surface area contributed by atoms with Crippen molar-refractivity contribution in [2.75, 3.05) is 0 Å². The van der Waals surface area contributed by atoms with Gasteiger partial charge in [0.1, 0.15) is 5.01 Å². The smallest absolute Gasteiger partial charge is 0.181 e. The van der Waals surface area contributed by atoms with Crippen LogP contribution in [0.25, 0.3) is 10.6 Å². The lowest BCUT2D eigenvalue weighted by Gasteiger charge is -1.91. The largest absolute Gasteiger partial charge is 0.238 e. The standard InChI is InChI=1S/C11H7N3S3/c1-2-4-8(5-3-1)9-13-14-11(16-9)17-10-12-6-7-15-10/h1-7H. The van der Waals surface area contributed by atoms with Gasteiger partial charge >= 0.3 is 0 Å². The Bertz CT molecular complexity index is 589. The number of aromatic nitrogens is 3. The minimum Gasteiger partial charge on any atom is -0.238 e. The predicted octanol–water partition coefficient (Wildman–Crippen LogP) is 3.81. The number of hydrogen-bond donors (Lipinski definition) is 0. The van der Waals surface area contributed by atoms with Crippen molar-refractivity contribution in [3.8, 4) is 10.6 Å². The van der Waals surface area contributed by atoms with E-state index >= 15 is 0 Å². The van der Waals surface area contributed by atoms with Crippen LogP contribution in [0.1, 0.15) is 0 Å². The number of benzene rings is 1. The highest BCUT2D eigenvalue weighted by atomic mass is 32.2. The molecule has 1 aromatic carbocycles. The number of nitrogens with zero attached hydrogens (tertiary/aromatic N) is 3. The molecule has 0 aliphatic heterocycles. The summed E-state index contributed by atoms with van der Waals surface area (Å²) in [5.74, 6) is 0. The molecule has 2 aromatic heterocycles. The zero-order chi connectivity index (χ0) is 11.5. The van der Waals surface area contributed by atoms with Gasteiger partial charge in [0.2, 0.25) is 0 Å². The molecule has 0 bridgehead atoms. The average Bonchev–Trinajstić information content (AvgIpc) is 3.02. The Morgan fingerprint density at radius 3 is 2.65 bits per heavy atom. The van der Waals surface area contributed by atoms with E-state index in [4.69, 9.17) is 0 Å². The number of rotatable bonds is 3. The summed E-state index contributed by atoms with van der Waals surface area (Å²) in [6, 6.07) is 10.1. The lowest BCUT2D eigenvalue weighted by atomic mass is 10.2. The average molecular weight is 277 g/mol. The van der Waals surface area contributed by atoms with Crippen LogP contribution in [0.15, 0.2) is 50.6 Å². The van der Waals surface area contributed by atoms with Gasteiger partial charge in [-0.2, -0.15) is 0 Å². The summed E-state index contributed by atoms with van der Waals surface area (Å²) in [5, 5.41) is 11.3. The van der Waals surface area contributed by atoms with Crippen LogP contribution in [0.4, 0.5) is 0 Å². The summed E-state index contributed by atoms with van der Waals surface area (Å²) in [6.45, 7) is 0. The van der Waals surface area contributed by atoms with E-state index in [1.54, 1.807) is 40.6 Å². The summed E-state index contributed by atoms with van der Waals surface area (Å²) < 4.78 is 1.93. The van der Waals surface area contributed by atoms with Crippen molar-refractivity contribution in [2.45, 2.75) is 8.68 Å². The van der Waals surface area contributed by atoms with Crippen molar-refractivity contribution in [2.24, 2.45) is 0 Å². The second-order valence-electron chi connectivity index (χ2n) is 3.14. The van der Waals surface area contributed by atoms with Crippen LogP contribution in [0.3, 0.4) is 0 Å². The minimum atomic E-state index is 0.929. The van der Waals surface area contributed by atoms with E-state index in [-0.39, 0.29) is 0 Å². The minimum absolute atomic E-state index is 0.929. The first-order valence-electron chi connectivity index (χ1n) is 4.88. The van der Waals surface area contributed by atoms with Gasteiger partial charge in [-0.25, -0.2) is 4.98 Å². The van der Waals surface area contributed by atoms with E-state index < -0.39 is 0 Å². The third kappa shape index (κ3) is 2.54. The molecular weight excluding hydrogens is 270 g/mol. The second-order valence-corrected chi connectivity index (χ2v) is 6.51. The van der Waals surface area contributed by atoms with Crippen LogP contribution in [0, 0.1) is 0 Å². The Hall–Kier alpha value is -1.24. The molecule has 6 heteroatoms. The molecule has 3 rings (SSSR count). The summed E-state index contributed by atoms with van der Waals surface area (Å²) in [6.07, 6.45) is 1.80. The first-order chi connectivity index (χ1) is 8.42.